The summed E-state index contributed by atoms with van der Waals surface area (Å²) in [5.74, 6) is -7.27. The molecule has 0 aliphatic carbocycles. The van der Waals surface area contributed by atoms with Crippen molar-refractivity contribution in [2.45, 2.75) is 203 Å². The molecule has 19 heteroatoms. The number of unbranched alkanes of at least 4 members (excludes halogenated alkanes) is 1. The number of amides is 5. The van der Waals surface area contributed by atoms with Crippen molar-refractivity contribution in [3.8, 4) is 0 Å². The Balaban J connectivity index is 0. The Morgan fingerprint density at radius 2 is 0.696 bits per heavy atom. The zero-order chi connectivity index (χ0) is 65.0. The fraction of sp³-hybridized carbons (Fsp3) is 0.548. The Hall–Kier alpha value is -7.29. The fourth-order valence-corrected chi connectivity index (χ4v) is 10.7. The number of hydrogen-bond donors (Lipinski definition) is 9. The van der Waals surface area contributed by atoms with E-state index in [4.69, 9.17) is 28.7 Å². The van der Waals surface area contributed by atoms with Crippen molar-refractivity contribution >= 4 is 52.7 Å². The molecule has 19 nitrogen and oxygen atoms in total. The standard InChI is InChI=1S/C68H97N9O9.C2H6.3CH4.H2O/c1-45(2)35-58(76-67(85)53(37-47-21-9-5-10-22-47)43-60(78)55(71)39-49-25-13-7-14-26-49)62(80)41-51(29-19-32-69)65(83)74-34-18-17-31-57(64(73)82)75-66(84)52(30-20-33-70)42-63(81)59(36-46(3)4)77-68(86)54(38-48-23-11-6-12-24-48)44-61(79)56(72)40-50-27-15-8-16-28-50;1-2;;;;/h5-16,21-28,45-46,51-59H,17-20,29-44,69-72H2,1-4H3,(H2,73,82)(H,74,83)(H,75,84)(H,76,85)(H,77,86);1-2H3;3*1H4;1H2/t51-,52-,53-,54-,55+,56+,57+,58+,59+;;;;;/m0...../s1. The SMILES string of the molecule is C.C.C.CC.CC(C)C[C@@H](NC(=O)[C@H](CC(=O)[C@H](N)Cc1ccccc1)Cc1ccccc1)C(=O)C[C@H](CCCN)C(=O)NCCCC[C@@H](NC(=O)[C@@H](CCCN)CC(=O)[C@@H](CC(C)C)NC(=O)[C@H](CC(=O)[C@H](N)Cc1ccccc1)Cc1ccccc1)C(N)=O.O. The first-order chi connectivity index (χ1) is 42.2. The molecule has 92 heavy (non-hydrogen) atoms. The number of rotatable bonds is 43. The normalized spacial score (nSPS) is 13.7. The van der Waals surface area contributed by atoms with Gasteiger partial charge in [-0.1, -0.05) is 185 Å². The van der Waals surface area contributed by atoms with Crippen LogP contribution in [0.15, 0.2) is 121 Å². The Kier molecular flexibility index (Phi) is 45.7. The smallest absolute Gasteiger partial charge is 0.239 e. The van der Waals surface area contributed by atoms with E-state index in [0.717, 1.165) is 22.3 Å². The predicted molar refractivity (Wildman–Crippen MR) is 371 cm³/mol. The first-order valence-electron chi connectivity index (χ1n) is 31.8. The maximum absolute atomic E-state index is 14.3. The van der Waals surface area contributed by atoms with Gasteiger partial charge >= 0.3 is 0 Å². The second kappa shape index (κ2) is 48.5. The molecule has 0 heterocycles. The van der Waals surface area contributed by atoms with Gasteiger partial charge in [-0.15, -0.1) is 0 Å². The van der Waals surface area contributed by atoms with Gasteiger partial charge in [-0.05, 0) is 131 Å². The highest BCUT2D eigenvalue weighted by Gasteiger charge is 2.35. The van der Waals surface area contributed by atoms with E-state index in [2.05, 4.69) is 21.3 Å². The van der Waals surface area contributed by atoms with E-state index in [1.165, 1.54) is 0 Å². The van der Waals surface area contributed by atoms with Crippen molar-refractivity contribution < 1.29 is 48.6 Å². The molecule has 0 saturated carbocycles. The molecule has 0 radical (unpaired) electrons. The molecular weight excluding hydrogens is 1160 g/mol. The highest BCUT2D eigenvalue weighted by molar-refractivity contribution is 5.96. The molecule has 4 rings (SSSR count). The number of carbonyl (C=O) groups excluding carboxylic acids is 9. The highest BCUT2D eigenvalue weighted by atomic mass is 16.2. The molecule has 9 atom stereocenters. The molecule has 0 aliphatic heterocycles. The second-order valence-electron chi connectivity index (χ2n) is 23.9. The molecule has 0 fully saturated rings. The van der Waals surface area contributed by atoms with Crippen LogP contribution in [0.4, 0.5) is 0 Å². The molecular formula is C73H117N9O10. The molecule has 16 N–H and O–H groups in total. The number of nitrogens with one attached hydrogen (secondary N) is 4. The summed E-state index contributed by atoms with van der Waals surface area (Å²) in [6.45, 7) is 12.4. The number of primary amides is 1. The van der Waals surface area contributed by atoms with Crippen molar-refractivity contribution in [1.82, 2.24) is 21.3 Å². The lowest BCUT2D eigenvalue weighted by molar-refractivity contribution is -0.135. The van der Waals surface area contributed by atoms with Gasteiger partial charge in [0.05, 0.1) is 24.2 Å². The largest absolute Gasteiger partial charge is 0.412 e. The van der Waals surface area contributed by atoms with E-state index >= 15 is 0 Å². The topological polar surface area (TPSA) is 363 Å². The number of hydrogen-bond acceptors (Lipinski definition) is 13. The summed E-state index contributed by atoms with van der Waals surface area (Å²) in [6.07, 6.45) is 3.23. The zero-order valence-corrected chi connectivity index (χ0v) is 53.6. The molecule has 0 saturated heterocycles. The van der Waals surface area contributed by atoms with Crippen molar-refractivity contribution in [2.24, 2.45) is 64.2 Å². The molecule has 0 aliphatic rings. The third-order valence-electron chi connectivity index (χ3n) is 15.6. The van der Waals surface area contributed by atoms with Crippen LogP contribution in [-0.4, -0.2) is 108 Å². The number of benzene rings is 4. The van der Waals surface area contributed by atoms with E-state index in [-0.39, 0.29) is 146 Å². The summed E-state index contributed by atoms with van der Waals surface area (Å²) < 4.78 is 0. The molecule has 0 spiro atoms. The first-order valence-corrected chi connectivity index (χ1v) is 31.8. The highest BCUT2D eigenvalue weighted by Crippen LogP contribution is 2.23. The van der Waals surface area contributed by atoms with Crippen molar-refractivity contribution in [1.29, 1.82) is 0 Å². The van der Waals surface area contributed by atoms with Crippen LogP contribution in [0, 0.1) is 35.5 Å². The van der Waals surface area contributed by atoms with E-state index in [1.54, 1.807) is 0 Å². The van der Waals surface area contributed by atoms with Gasteiger partial charge in [0.1, 0.15) is 6.04 Å². The van der Waals surface area contributed by atoms with E-state index in [0.29, 0.717) is 51.4 Å². The van der Waals surface area contributed by atoms with Crippen LogP contribution in [0.2, 0.25) is 0 Å². The summed E-state index contributed by atoms with van der Waals surface area (Å²) in [7, 11) is 0. The average molecular weight is 1280 g/mol. The Labute approximate surface area is 550 Å². The van der Waals surface area contributed by atoms with Crippen LogP contribution < -0.4 is 49.9 Å². The van der Waals surface area contributed by atoms with Crippen LogP contribution in [0.3, 0.4) is 0 Å². The van der Waals surface area contributed by atoms with Crippen molar-refractivity contribution in [3.05, 3.63) is 144 Å². The van der Waals surface area contributed by atoms with E-state index in [9.17, 15) is 43.2 Å². The van der Waals surface area contributed by atoms with Gasteiger partial charge < -0.3 is 55.4 Å². The fourth-order valence-electron chi connectivity index (χ4n) is 10.7. The molecule has 5 amide bonds. The Morgan fingerprint density at radius 3 is 1.02 bits per heavy atom. The summed E-state index contributed by atoms with van der Waals surface area (Å²) in [6, 6.07) is 32.7. The number of carbonyl (C=O) groups is 9. The van der Waals surface area contributed by atoms with Crippen LogP contribution in [0.25, 0.3) is 0 Å². The van der Waals surface area contributed by atoms with Gasteiger partial charge in [-0.3, -0.25) is 43.2 Å². The van der Waals surface area contributed by atoms with Gasteiger partial charge in [0.15, 0.2) is 23.1 Å². The summed E-state index contributed by atoms with van der Waals surface area (Å²) in [5, 5.41) is 11.6. The molecule has 4 aromatic carbocycles. The molecule has 0 aromatic heterocycles. The minimum Gasteiger partial charge on any atom is -0.412 e. The average Bonchev–Trinajstić information content (AvgIpc) is 1.04. The van der Waals surface area contributed by atoms with E-state index < -0.39 is 77.5 Å². The number of nitrogens with two attached hydrogens (primary N) is 5. The van der Waals surface area contributed by atoms with Gasteiger partial charge in [-0.2, -0.15) is 0 Å². The summed E-state index contributed by atoms with van der Waals surface area (Å²) in [4.78, 5) is 125. The minimum absolute atomic E-state index is 0. The van der Waals surface area contributed by atoms with Gasteiger partial charge in [0, 0.05) is 55.9 Å². The second-order valence-corrected chi connectivity index (χ2v) is 23.9. The van der Waals surface area contributed by atoms with Crippen LogP contribution in [0.1, 0.15) is 170 Å². The van der Waals surface area contributed by atoms with Crippen molar-refractivity contribution in [2.75, 3.05) is 19.6 Å². The summed E-state index contributed by atoms with van der Waals surface area (Å²) >= 11 is 0. The lowest BCUT2D eigenvalue weighted by atomic mass is 9.88. The van der Waals surface area contributed by atoms with Crippen molar-refractivity contribution in [3.63, 3.8) is 0 Å². The quantitative estimate of drug-likeness (QED) is 0.0191. The minimum atomic E-state index is -1.11. The van der Waals surface area contributed by atoms with Crippen LogP contribution in [0.5, 0.6) is 0 Å². The van der Waals surface area contributed by atoms with Gasteiger partial charge in [0.2, 0.25) is 29.5 Å². The van der Waals surface area contributed by atoms with Crippen LogP contribution in [-0.2, 0) is 68.8 Å². The van der Waals surface area contributed by atoms with E-state index in [1.807, 2.05) is 163 Å². The predicted octanol–water partition coefficient (Wildman–Crippen LogP) is 7.82. The molecule has 514 valence electrons. The Bertz CT molecular complexity index is 2740. The maximum atomic E-state index is 14.3. The number of Topliss-reactive ketones (excluding diaryl/α,β-unsaturated/α-hetero) is 4. The molecule has 0 bridgehead atoms. The zero-order valence-electron chi connectivity index (χ0n) is 53.6. The Morgan fingerprint density at radius 1 is 0.391 bits per heavy atom. The lowest BCUT2D eigenvalue weighted by Crippen LogP contribution is -2.49. The maximum Gasteiger partial charge on any atom is 0.239 e. The lowest BCUT2D eigenvalue weighted by Gasteiger charge is -2.26. The molecule has 4 aromatic rings. The van der Waals surface area contributed by atoms with Gasteiger partial charge in [0.25, 0.3) is 0 Å². The molecule has 0 unspecified atom stereocenters. The first kappa shape index (κ1) is 86.8. The number of ketones is 4. The third-order valence-corrected chi connectivity index (χ3v) is 15.6. The monoisotopic (exact) mass is 1280 g/mol. The van der Waals surface area contributed by atoms with Gasteiger partial charge in [-0.25, -0.2) is 0 Å². The van der Waals surface area contributed by atoms with Crippen LogP contribution >= 0.6 is 0 Å². The summed E-state index contributed by atoms with van der Waals surface area (Å²) in [5.41, 5.74) is 33.8. The third kappa shape index (κ3) is 33.3.